The van der Waals surface area contributed by atoms with E-state index < -0.39 is 15.2 Å². The first-order valence-electron chi connectivity index (χ1n) is 3.43. The zero-order chi connectivity index (χ0) is 11.8. The summed E-state index contributed by atoms with van der Waals surface area (Å²) in [6.45, 7) is 6.31. The molecule has 0 aliphatic rings. The third-order valence-electron chi connectivity index (χ3n) is 0.734. The van der Waals surface area contributed by atoms with Crippen LogP contribution in [0, 0.1) is 0 Å². The van der Waals surface area contributed by atoms with Crippen molar-refractivity contribution in [2.45, 2.75) is 0 Å². The fraction of sp³-hybridized carbons (Fsp3) is 0.333. The molecule has 0 saturated carbocycles. The molecular weight excluding hydrogens is 253 g/mol. The molecule has 0 heterocycles. The quantitative estimate of drug-likeness (QED) is 0.262. The van der Waals surface area contributed by atoms with E-state index in [2.05, 4.69) is 13.2 Å². The Hall–Kier alpha value is 0.780. The van der Waals surface area contributed by atoms with Gasteiger partial charge >= 0.3 is 44.7 Å². The van der Waals surface area contributed by atoms with Crippen molar-refractivity contribution in [1.82, 2.24) is 0 Å². The molecule has 0 aliphatic heterocycles. The Balaban J connectivity index is -0.0000000800. The van der Waals surface area contributed by atoms with Crippen molar-refractivity contribution in [1.29, 1.82) is 0 Å². The molecule has 86 valence electrons. The summed E-state index contributed by atoms with van der Waals surface area (Å²) in [4.78, 5) is 32.2. The van der Waals surface area contributed by atoms with Gasteiger partial charge in [-0.2, -0.15) is 0 Å². The first kappa shape index (κ1) is 21.1. The van der Waals surface area contributed by atoms with E-state index in [1.807, 2.05) is 0 Å². The van der Waals surface area contributed by atoms with Crippen LogP contribution in [0.3, 0.4) is 0 Å². The van der Waals surface area contributed by atoms with Crippen molar-refractivity contribution >= 4 is 15.2 Å². The molecule has 6 nitrogen and oxygen atoms in total. The predicted octanol–water partition coefficient (Wildman–Crippen LogP) is -2.18. The SMILES string of the molecule is C=CCP(=O)(O)O.C=CCP(=O)(O)O.[H-].[Na+]. The fourth-order valence-corrected chi connectivity index (χ4v) is 1.01. The number of rotatable bonds is 4. The summed E-state index contributed by atoms with van der Waals surface area (Å²) in [6, 6.07) is 0. The standard InChI is InChI=1S/2C3H7O3P.Na.H/c2*1-2-3-7(4,5)6;;/h2*2H,1,3H2,(H2,4,5,6);;/q;;+1;-1. The molecule has 0 bridgehead atoms. The third kappa shape index (κ3) is 31.3. The Bertz CT molecular complexity index is 244. The minimum atomic E-state index is -3.78. The number of allylic oxidation sites excluding steroid dienone is 2. The minimum Gasteiger partial charge on any atom is -1.00 e. The molecule has 0 atom stereocenters. The van der Waals surface area contributed by atoms with Crippen LogP contribution in [-0.4, -0.2) is 31.9 Å². The zero-order valence-electron chi connectivity index (χ0n) is 9.48. The molecule has 0 aliphatic carbocycles. The van der Waals surface area contributed by atoms with E-state index in [9.17, 15) is 9.13 Å². The number of hydrogen-bond acceptors (Lipinski definition) is 2. The van der Waals surface area contributed by atoms with Gasteiger partial charge in [0.15, 0.2) is 0 Å². The normalized spacial score (nSPS) is 10.4. The van der Waals surface area contributed by atoms with Crippen LogP contribution in [0.2, 0.25) is 0 Å². The van der Waals surface area contributed by atoms with Gasteiger partial charge in [-0.25, -0.2) is 0 Å². The van der Waals surface area contributed by atoms with Crippen molar-refractivity contribution in [3.63, 3.8) is 0 Å². The van der Waals surface area contributed by atoms with Gasteiger partial charge in [0.1, 0.15) is 0 Å². The van der Waals surface area contributed by atoms with Crippen LogP contribution in [0.25, 0.3) is 0 Å². The molecule has 0 fully saturated rings. The molecule has 0 spiro atoms. The summed E-state index contributed by atoms with van der Waals surface area (Å²) in [5.74, 6) is 0. The van der Waals surface area contributed by atoms with Crippen LogP contribution in [0.4, 0.5) is 0 Å². The summed E-state index contributed by atoms with van der Waals surface area (Å²) in [6.07, 6.45) is 1.93. The monoisotopic (exact) mass is 268 g/mol. The topological polar surface area (TPSA) is 115 Å². The Morgan fingerprint density at radius 1 is 0.933 bits per heavy atom. The third-order valence-corrected chi connectivity index (χ3v) is 2.20. The Kier molecular flexibility index (Phi) is 14.0. The average Bonchev–Trinajstić information content (AvgIpc) is 1.81. The molecule has 0 radical (unpaired) electrons. The predicted molar refractivity (Wildman–Crippen MR) is 55.3 cm³/mol. The van der Waals surface area contributed by atoms with Gasteiger partial charge in [-0.1, -0.05) is 12.2 Å². The van der Waals surface area contributed by atoms with Crippen LogP contribution in [0.15, 0.2) is 25.3 Å². The second kappa shape index (κ2) is 9.97. The first-order chi connectivity index (χ1) is 6.12. The van der Waals surface area contributed by atoms with Crippen molar-refractivity contribution in [2.24, 2.45) is 0 Å². The van der Waals surface area contributed by atoms with E-state index >= 15 is 0 Å². The molecule has 0 aromatic carbocycles. The largest absolute Gasteiger partial charge is 1.00 e. The average molecular weight is 268 g/mol. The van der Waals surface area contributed by atoms with Crippen LogP contribution in [-0.2, 0) is 9.13 Å². The molecule has 4 N–H and O–H groups in total. The first-order valence-corrected chi connectivity index (χ1v) is 7.03. The van der Waals surface area contributed by atoms with E-state index in [-0.39, 0.29) is 43.3 Å². The molecule has 0 unspecified atom stereocenters. The van der Waals surface area contributed by atoms with Gasteiger partial charge in [0.2, 0.25) is 0 Å². The molecule has 9 heteroatoms. The molecule has 0 amide bonds. The summed E-state index contributed by atoms with van der Waals surface area (Å²) in [5, 5.41) is 0. The van der Waals surface area contributed by atoms with Crippen LogP contribution < -0.4 is 29.6 Å². The molecule has 15 heavy (non-hydrogen) atoms. The van der Waals surface area contributed by atoms with Crippen LogP contribution in [0.5, 0.6) is 0 Å². The van der Waals surface area contributed by atoms with E-state index in [0.29, 0.717) is 0 Å². The second-order valence-electron chi connectivity index (χ2n) is 2.27. The minimum absolute atomic E-state index is 0. The Morgan fingerprint density at radius 3 is 1.13 bits per heavy atom. The van der Waals surface area contributed by atoms with Crippen molar-refractivity contribution < 1.29 is 59.7 Å². The van der Waals surface area contributed by atoms with Gasteiger partial charge in [-0.05, 0) is 0 Å². The van der Waals surface area contributed by atoms with Gasteiger partial charge in [0, 0.05) is 0 Å². The maximum Gasteiger partial charge on any atom is 1.00 e. The van der Waals surface area contributed by atoms with E-state index in [0.717, 1.165) is 0 Å². The van der Waals surface area contributed by atoms with E-state index in [1.165, 1.54) is 12.2 Å². The maximum atomic E-state index is 9.85. The molecule has 0 saturated heterocycles. The maximum absolute atomic E-state index is 9.85. The van der Waals surface area contributed by atoms with Gasteiger partial charge in [0.25, 0.3) is 0 Å². The smallest absolute Gasteiger partial charge is 1.00 e. The van der Waals surface area contributed by atoms with Gasteiger partial charge in [-0.15, -0.1) is 13.2 Å². The van der Waals surface area contributed by atoms with Crippen LogP contribution in [0.1, 0.15) is 1.43 Å². The van der Waals surface area contributed by atoms with Gasteiger partial charge < -0.3 is 21.0 Å². The van der Waals surface area contributed by atoms with Crippen molar-refractivity contribution in [2.75, 3.05) is 12.3 Å². The summed E-state index contributed by atoms with van der Waals surface area (Å²) >= 11 is 0. The molecule has 0 rings (SSSR count). The number of hydrogen-bond donors (Lipinski definition) is 4. The zero-order valence-corrected chi connectivity index (χ0v) is 12.3. The Labute approximate surface area is 112 Å². The van der Waals surface area contributed by atoms with Crippen molar-refractivity contribution in [3.8, 4) is 0 Å². The van der Waals surface area contributed by atoms with Gasteiger partial charge in [0.05, 0.1) is 12.3 Å². The fourth-order valence-electron chi connectivity index (χ4n) is 0.336. The van der Waals surface area contributed by atoms with Gasteiger partial charge in [-0.3, -0.25) is 9.13 Å². The second-order valence-corrected chi connectivity index (χ2v) is 5.66. The summed E-state index contributed by atoms with van der Waals surface area (Å²) < 4.78 is 19.7. The van der Waals surface area contributed by atoms with E-state index in [1.54, 1.807) is 0 Å². The van der Waals surface area contributed by atoms with E-state index in [4.69, 9.17) is 19.6 Å². The summed E-state index contributed by atoms with van der Waals surface area (Å²) in [5.41, 5.74) is 0. The van der Waals surface area contributed by atoms with Crippen molar-refractivity contribution in [3.05, 3.63) is 25.3 Å². The molecular formula is C6H15NaO6P2. The van der Waals surface area contributed by atoms with Crippen LogP contribution >= 0.6 is 15.2 Å². The molecule has 0 aromatic heterocycles. The summed E-state index contributed by atoms with van der Waals surface area (Å²) in [7, 11) is -7.57. The molecule has 0 aromatic rings. The Morgan fingerprint density at radius 2 is 1.13 bits per heavy atom.